The van der Waals surface area contributed by atoms with E-state index in [1.165, 1.54) is 0 Å². The van der Waals surface area contributed by atoms with Gasteiger partial charge in [-0.2, -0.15) is 0 Å². The molecular weight excluding hydrogens is 371 g/mol. The van der Waals surface area contributed by atoms with Crippen molar-refractivity contribution in [3.63, 3.8) is 0 Å². The zero-order chi connectivity index (χ0) is 13.7. The summed E-state index contributed by atoms with van der Waals surface area (Å²) in [6, 6.07) is 7.55. The van der Waals surface area contributed by atoms with Gasteiger partial charge < -0.3 is 20.7 Å². The van der Waals surface area contributed by atoms with Crippen LogP contribution < -0.4 is 15.8 Å². The average Bonchev–Trinajstić information content (AvgIpc) is 2.80. The van der Waals surface area contributed by atoms with E-state index in [4.69, 9.17) is 10.5 Å². The monoisotopic (exact) mass is 390 g/mol. The minimum atomic E-state index is -0.481. The Morgan fingerprint density at radius 2 is 2.35 bits per heavy atom. The fraction of sp³-hybridized carbons (Fsp3) is 0.385. The molecule has 2 rings (SSSR count). The Kier molecular flexibility index (Phi) is 6.56. The first-order valence-corrected chi connectivity index (χ1v) is 6.14. The highest BCUT2D eigenvalue weighted by atomic mass is 127. The zero-order valence-electron chi connectivity index (χ0n) is 11.3. The minimum Gasteiger partial charge on any atom is -0.484 e. The predicted molar refractivity (Wildman–Crippen MR) is 88.3 cm³/mol. The van der Waals surface area contributed by atoms with Gasteiger partial charge in [-0.3, -0.25) is 9.79 Å². The highest BCUT2D eigenvalue weighted by Gasteiger charge is 2.11. The normalized spacial score (nSPS) is 13.4. The van der Waals surface area contributed by atoms with Crippen molar-refractivity contribution in [3.05, 3.63) is 29.8 Å². The summed E-state index contributed by atoms with van der Waals surface area (Å²) in [6.07, 6.45) is 0. The van der Waals surface area contributed by atoms with Crippen molar-refractivity contribution in [2.75, 3.05) is 26.7 Å². The Hall–Kier alpha value is -1.51. The van der Waals surface area contributed by atoms with Crippen molar-refractivity contribution < 1.29 is 9.53 Å². The predicted octanol–water partition coefficient (Wildman–Crippen LogP) is 0.560. The molecule has 7 heteroatoms. The van der Waals surface area contributed by atoms with Crippen LogP contribution in [-0.2, 0) is 11.3 Å². The molecule has 0 bridgehead atoms. The number of hydrogen-bond donors (Lipinski definition) is 2. The van der Waals surface area contributed by atoms with Crippen LogP contribution in [0.2, 0.25) is 0 Å². The number of hydrogen-bond acceptors (Lipinski definition) is 5. The summed E-state index contributed by atoms with van der Waals surface area (Å²) in [7, 11) is 2.01. The molecule has 1 aromatic rings. The van der Waals surface area contributed by atoms with E-state index in [-0.39, 0.29) is 30.6 Å². The van der Waals surface area contributed by atoms with Crippen molar-refractivity contribution in [2.24, 2.45) is 10.7 Å². The van der Waals surface area contributed by atoms with Crippen LogP contribution in [0, 0.1) is 0 Å². The number of nitrogens with one attached hydrogen (secondary N) is 1. The molecule has 110 valence electrons. The molecule has 20 heavy (non-hydrogen) atoms. The largest absolute Gasteiger partial charge is 0.484 e. The molecule has 1 aliphatic heterocycles. The summed E-state index contributed by atoms with van der Waals surface area (Å²) >= 11 is 0. The second-order valence-corrected chi connectivity index (χ2v) is 4.38. The van der Waals surface area contributed by atoms with E-state index < -0.39 is 5.91 Å². The van der Waals surface area contributed by atoms with Gasteiger partial charge in [-0.15, -0.1) is 24.0 Å². The quantitative estimate of drug-likeness (QED) is 0.721. The third kappa shape index (κ3) is 4.87. The minimum absolute atomic E-state index is 0. The Labute approximate surface area is 135 Å². The second-order valence-electron chi connectivity index (χ2n) is 4.38. The van der Waals surface area contributed by atoms with Gasteiger partial charge in [0.25, 0.3) is 5.91 Å². The Morgan fingerprint density at radius 1 is 1.55 bits per heavy atom. The van der Waals surface area contributed by atoms with E-state index in [0.29, 0.717) is 12.3 Å². The standard InChI is InChI=1S/C13H18N4O2.HI/c1-17-6-5-15-13(17)16-8-10-3-2-4-11(7-10)19-9-12(14)18;/h2-4,7H,5-6,8-9H2,1H3,(H2,14,18)(H,15,16);1H. The molecule has 3 N–H and O–H groups in total. The van der Waals surface area contributed by atoms with Gasteiger partial charge in [0.2, 0.25) is 0 Å². The first kappa shape index (κ1) is 16.5. The lowest BCUT2D eigenvalue weighted by molar-refractivity contribution is -0.119. The number of guanidine groups is 1. The van der Waals surface area contributed by atoms with Crippen molar-refractivity contribution in [1.29, 1.82) is 0 Å². The number of ether oxygens (including phenoxy) is 1. The molecule has 0 aliphatic carbocycles. The van der Waals surface area contributed by atoms with E-state index in [0.717, 1.165) is 24.6 Å². The van der Waals surface area contributed by atoms with Crippen LogP contribution in [0.5, 0.6) is 5.75 Å². The Bertz CT molecular complexity index is 493. The van der Waals surface area contributed by atoms with Crippen LogP contribution >= 0.6 is 24.0 Å². The number of benzene rings is 1. The van der Waals surface area contributed by atoms with Gasteiger partial charge in [0.1, 0.15) is 5.75 Å². The van der Waals surface area contributed by atoms with Gasteiger partial charge in [0, 0.05) is 20.1 Å². The molecule has 0 saturated carbocycles. The highest BCUT2D eigenvalue weighted by molar-refractivity contribution is 14.0. The lowest BCUT2D eigenvalue weighted by Crippen LogP contribution is -2.35. The Morgan fingerprint density at radius 3 is 3.00 bits per heavy atom. The van der Waals surface area contributed by atoms with Crippen LogP contribution in [0.3, 0.4) is 0 Å². The van der Waals surface area contributed by atoms with Crippen LogP contribution in [0.25, 0.3) is 0 Å². The summed E-state index contributed by atoms with van der Waals surface area (Å²) in [5, 5.41) is 3.27. The number of carbonyl (C=O) groups excluding carboxylic acids is 1. The average molecular weight is 390 g/mol. The number of likely N-dealkylation sites (N-methyl/N-ethyl adjacent to an activating group) is 1. The van der Waals surface area contributed by atoms with Crippen LogP contribution in [0.1, 0.15) is 5.56 Å². The fourth-order valence-electron chi connectivity index (χ4n) is 1.80. The Balaban J connectivity index is 0.00000200. The van der Waals surface area contributed by atoms with Gasteiger partial charge >= 0.3 is 0 Å². The number of amides is 1. The molecule has 0 saturated heterocycles. The fourth-order valence-corrected chi connectivity index (χ4v) is 1.80. The molecule has 0 spiro atoms. The number of nitrogens with zero attached hydrogens (tertiary/aromatic N) is 2. The molecule has 1 amide bonds. The molecule has 0 unspecified atom stereocenters. The summed E-state index contributed by atoms with van der Waals surface area (Å²) in [6.45, 7) is 2.34. The topological polar surface area (TPSA) is 79.9 Å². The molecule has 0 aromatic heterocycles. The summed E-state index contributed by atoms with van der Waals surface area (Å²) < 4.78 is 5.26. The summed E-state index contributed by atoms with van der Waals surface area (Å²) in [4.78, 5) is 17.1. The van der Waals surface area contributed by atoms with Crippen molar-refractivity contribution in [2.45, 2.75) is 6.54 Å². The molecular formula is C13H19IN4O2. The van der Waals surface area contributed by atoms with E-state index >= 15 is 0 Å². The number of nitrogens with two attached hydrogens (primary N) is 1. The van der Waals surface area contributed by atoms with E-state index in [9.17, 15) is 4.79 Å². The summed E-state index contributed by atoms with van der Waals surface area (Å²) in [5.74, 6) is 1.06. The molecule has 1 heterocycles. The molecule has 1 aromatic carbocycles. The second kappa shape index (κ2) is 7.93. The molecule has 6 nitrogen and oxygen atoms in total. The molecule has 1 aliphatic rings. The van der Waals surface area contributed by atoms with Crippen molar-refractivity contribution >= 4 is 35.8 Å². The number of carbonyl (C=O) groups is 1. The summed E-state index contributed by atoms with van der Waals surface area (Å²) in [5.41, 5.74) is 6.10. The van der Waals surface area contributed by atoms with Crippen molar-refractivity contribution in [1.82, 2.24) is 10.2 Å². The first-order valence-electron chi connectivity index (χ1n) is 6.14. The van der Waals surface area contributed by atoms with Gasteiger partial charge in [-0.25, -0.2) is 0 Å². The lowest BCUT2D eigenvalue weighted by Gasteiger charge is -2.15. The molecule has 0 atom stereocenters. The number of halogens is 1. The zero-order valence-corrected chi connectivity index (χ0v) is 13.7. The van der Waals surface area contributed by atoms with Crippen LogP contribution in [0.4, 0.5) is 0 Å². The third-order valence-electron chi connectivity index (χ3n) is 2.79. The third-order valence-corrected chi connectivity index (χ3v) is 2.79. The smallest absolute Gasteiger partial charge is 0.255 e. The first-order chi connectivity index (χ1) is 9.15. The van der Waals surface area contributed by atoms with E-state index in [1.54, 1.807) is 6.07 Å². The molecule has 0 radical (unpaired) electrons. The maximum Gasteiger partial charge on any atom is 0.255 e. The highest BCUT2D eigenvalue weighted by Crippen LogP contribution is 2.13. The van der Waals surface area contributed by atoms with Crippen LogP contribution in [-0.4, -0.2) is 43.5 Å². The van der Waals surface area contributed by atoms with E-state index in [2.05, 4.69) is 15.2 Å². The van der Waals surface area contributed by atoms with Gasteiger partial charge in [-0.05, 0) is 17.7 Å². The van der Waals surface area contributed by atoms with Crippen molar-refractivity contribution in [3.8, 4) is 5.75 Å². The van der Waals surface area contributed by atoms with E-state index in [1.807, 2.05) is 25.2 Å². The van der Waals surface area contributed by atoms with Gasteiger partial charge in [-0.1, -0.05) is 12.1 Å². The maximum absolute atomic E-state index is 10.7. The number of primary amides is 1. The maximum atomic E-state index is 10.7. The molecule has 0 fully saturated rings. The SMILES string of the molecule is CN1CCN=C1NCc1cccc(OCC(N)=O)c1.I. The number of rotatable bonds is 5. The van der Waals surface area contributed by atoms with Gasteiger partial charge in [0.05, 0.1) is 6.54 Å². The number of aliphatic imine (C=N–C) groups is 1. The lowest BCUT2D eigenvalue weighted by atomic mass is 10.2. The van der Waals surface area contributed by atoms with Gasteiger partial charge in [0.15, 0.2) is 12.6 Å². The van der Waals surface area contributed by atoms with Crippen LogP contribution in [0.15, 0.2) is 29.3 Å².